The van der Waals surface area contributed by atoms with Crippen molar-refractivity contribution in [2.75, 3.05) is 0 Å². The zero-order valence-corrected chi connectivity index (χ0v) is 20.9. The van der Waals surface area contributed by atoms with E-state index in [0.29, 0.717) is 22.3 Å². The number of hydrogen-bond donors (Lipinski definition) is 0. The van der Waals surface area contributed by atoms with Gasteiger partial charge in [0.15, 0.2) is 0 Å². The Morgan fingerprint density at radius 3 is 1.69 bits per heavy atom. The second-order valence-electron chi connectivity index (χ2n) is 9.84. The molecule has 0 spiro atoms. The Labute approximate surface area is 238 Å². The van der Waals surface area contributed by atoms with E-state index in [9.17, 15) is 5.48 Å². The van der Waals surface area contributed by atoms with Crippen molar-refractivity contribution in [2.24, 2.45) is 0 Å². The number of fused-ring (bicyclic) bond motifs is 6. The van der Waals surface area contributed by atoms with Crippen molar-refractivity contribution >= 4 is 54.3 Å². The van der Waals surface area contributed by atoms with E-state index in [1.807, 2.05) is 84.9 Å². The molecule has 0 atom stereocenters. The van der Waals surface area contributed by atoms with Gasteiger partial charge in [-0.1, -0.05) is 121 Å². The van der Waals surface area contributed by atoms with Crippen LogP contribution in [-0.2, 0) is 12.8 Å². The fourth-order valence-corrected chi connectivity index (χ4v) is 5.96. The highest BCUT2D eigenvalue weighted by Gasteiger charge is 2.17. The molecule has 7 aromatic carbocycles. The van der Waals surface area contributed by atoms with Crippen molar-refractivity contribution in [3.63, 3.8) is 0 Å². The fraction of sp³-hybridized carbons (Fsp3) is 0.0526. The molecule has 0 aliphatic heterocycles. The molecule has 0 aliphatic carbocycles. The molecule has 1 aromatic heterocycles. The highest BCUT2D eigenvalue weighted by Crippen LogP contribution is 2.38. The zero-order chi connectivity index (χ0) is 32.7. The molecule has 1 heterocycles. The fourth-order valence-electron chi connectivity index (χ4n) is 5.96. The van der Waals surface area contributed by atoms with Gasteiger partial charge in [-0.15, -0.1) is 0 Å². The third-order valence-electron chi connectivity index (χ3n) is 7.69. The molecule has 0 fully saturated rings. The van der Waals surface area contributed by atoms with Gasteiger partial charge >= 0.3 is 0 Å². The van der Waals surface area contributed by atoms with E-state index in [-0.39, 0.29) is 58.6 Å². The molecule has 184 valence electrons. The summed E-state index contributed by atoms with van der Waals surface area (Å²) in [4.78, 5) is 0. The molecule has 0 N–H and O–H groups in total. The van der Waals surface area contributed by atoms with Crippen molar-refractivity contribution in [2.45, 2.75) is 12.8 Å². The van der Waals surface area contributed by atoms with E-state index < -0.39 is 24.2 Å². The van der Waals surface area contributed by atoms with Crippen LogP contribution in [0.15, 0.2) is 138 Å². The average Bonchev–Trinajstić information content (AvgIpc) is 3.48. The first-order valence-corrected chi connectivity index (χ1v) is 13.0. The molecule has 8 aromatic rings. The SMILES string of the molecule is [2H]c1c([2H])c([2H])c2c(Cc3cccc4oc5ccccc5c34)c3c([2H])c([2H])c([2H])c([2H])c3c(Cc3cccc4ccccc34)c2c1[2H]. The molecule has 1 nitrogen and oxygen atoms in total. The predicted octanol–water partition coefficient (Wildman–Crippen LogP) is 10.2. The topological polar surface area (TPSA) is 13.1 Å². The normalized spacial score (nSPS) is 14.7. The van der Waals surface area contributed by atoms with Crippen molar-refractivity contribution in [3.05, 3.63) is 156 Å². The lowest BCUT2D eigenvalue weighted by Gasteiger charge is -2.18. The molecule has 0 amide bonds. The Morgan fingerprint density at radius 1 is 0.462 bits per heavy atom. The van der Waals surface area contributed by atoms with Gasteiger partial charge in [-0.3, -0.25) is 0 Å². The largest absolute Gasteiger partial charge is 0.456 e. The number of rotatable bonds is 4. The van der Waals surface area contributed by atoms with E-state index >= 15 is 0 Å². The van der Waals surface area contributed by atoms with E-state index in [1.54, 1.807) is 0 Å². The summed E-state index contributed by atoms with van der Waals surface area (Å²) in [6.07, 6.45) is 0.341. The lowest BCUT2D eigenvalue weighted by molar-refractivity contribution is 0.668. The highest BCUT2D eigenvalue weighted by molar-refractivity contribution is 6.09. The number of para-hydroxylation sites is 1. The van der Waals surface area contributed by atoms with Gasteiger partial charge in [0.05, 0.1) is 11.0 Å². The van der Waals surface area contributed by atoms with Gasteiger partial charge < -0.3 is 4.42 Å². The Hall–Kier alpha value is -4.88. The molecule has 0 aliphatic rings. The third-order valence-corrected chi connectivity index (χ3v) is 7.69. The van der Waals surface area contributed by atoms with Crippen LogP contribution >= 0.6 is 0 Å². The number of furan rings is 1. The average molecular weight is 507 g/mol. The third kappa shape index (κ3) is 3.55. The molecule has 0 bridgehead atoms. The van der Waals surface area contributed by atoms with Crippen molar-refractivity contribution in [1.82, 2.24) is 0 Å². The Kier molecular flexibility index (Phi) is 3.52. The maximum atomic E-state index is 9.20. The zero-order valence-electron chi connectivity index (χ0n) is 28.9. The summed E-state index contributed by atoms with van der Waals surface area (Å²) in [5, 5.41) is 4.75. The monoisotopic (exact) mass is 506 g/mol. The second-order valence-corrected chi connectivity index (χ2v) is 9.84. The summed E-state index contributed by atoms with van der Waals surface area (Å²) in [7, 11) is 0. The van der Waals surface area contributed by atoms with Crippen LogP contribution in [0.1, 0.15) is 33.2 Å². The lowest BCUT2D eigenvalue weighted by atomic mass is 9.85. The molecule has 0 saturated heterocycles. The minimum absolute atomic E-state index is 0.145. The summed E-state index contributed by atoms with van der Waals surface area (Å²) in [5.74, 6) is 0. The molecule has 8 rings (SSSR count). The van der Waals surface area contributed by atoms with Gasteiger partial charge in [0.25, 0.3) is 0 Å². The Balaban J connectivity index is 1.55. The van der Waals surface area contributed by atoms with Gasteiger partial charge in [0.1, 0.15) is 11.2 Å². The van der Waals surface area contributed by atoms with Gasteiger partial charge in [-0.05, 0) is 79.5 Å². The van der Waals surface area contributed by atoms with Crippen LogP contribution in [0.4, 0.5) is 0 Å². The molecule has 0 saturated carbocycles. The predicted molar refractivity (Wildman–Crippen MR) is 165 cm³/mol. The molecule has 39 heavy (non-hydrogen) atoms. The molecule has 0 unspecified atom stereocenters. The van der Waals surface area contributed by atoms with Crippen LogP contribution < -0.4 is 0 Å². The molecule has 1 heteroatoms. The van der Waals surface area contributed by atoms with Crippen LogP contribution in [0.3, 0.4) is 0 Å². The quantitative estimate of drug-likeness (QED) is 0.216. The van der Waals surface area contributed by atoms with Crippen LogP contribution in [0.25, 0.3) is 54.3 Å². The lowest BCUT2D eigenvalue weighted by Crippen LogP contribution is -1.99. The van der Waals surface area contributed by atoms with Gasteiger partial charge in [-0.2, -0.15) is 0 Å². The maximum Gasteiger partial charge on any atom is 0.135 e. The van der Waals surface area contributed by atoms with E-state index in [0.717, 1.165) is 32.7 Å². The summed E-state index contributed by atoms with van der Waals surface area (Å²) in [5.41, 5.74) is 3.94. The first-order valence-electron chi connectivity index (χ1n) is 17.0. The van der Waals surface area contributed by atoms with E-state index in [1.165, 1.54) is 0 Å². The summed E-state index contributed by atoms with van der Waals surface area (Å²) >= 11 is 0. The minimum atomic E-state index is -0.396. The number of benzene rings is 7. The minimum Gasteiger partial charge on any atom is -0.456 e. The first-order chi connectivity index (χ1) is 22.7. The summed E-state index contributed by atoms with van der Waals surface area (Å²) < 4.78 is 77.6. The standard InChI is InChI=1S/C38H26O/c1-2-15-28-25(11-1)12-9-13-26(28)23-34-29-16-3-5-18-31(29)35(32-19-6-4-17-30(32)34)24-27-14-10-22-37-38(27)33-20-7-8-21-36(33)39-37/h1-22H,23-24H2/i3D,4D,5D,6D,16D,17D,18D,19D. The van der Waals surface area contributed by atoms with Crippen LogP contribution in [0.5, 0.6) is 0 Å². The maximum absolute atomic E-state index is 9.20. The van der Waals surface area contributed by atoms with Crippen molar-refractivity contribution in [1.29, 1.82) is 0 Å². The second kappa shape index (κ2) is 8.85. The van der Waals surface area contributed by atoms with Gasteiger partial charge in [0.2, 0.25) is 0 Å². The van der Waals surface area contributed by atoms with Crippen molar-refractivity contribution < 1.29 is 15.4 Å². The summed E-state index contributed by atoms with van der Waals surface area (Å²) in [6, 6.07) is 24.6. The highest BCUT2D eigenvalue weighted by atomic mass is 16.3. The first kappa shape index (κ1) is 15.5. The van der Waals surface area contributed by atoms with Crippen LogP contribution in [0, 0.1) is 0 Å². The number of hydrogen-bond acceptors (Lipinski definition) is 1. The molecular formula is C38H26O. The van der Waals surface area contributed by atoms with Crippen LogP contribution in [0.2, 0.25) is 0 Å². The van der Waals surface area contributed by atoms with E-state index in [2.05, 4.69) is 0 Å². The van der Waals surface area contributed by atoms with E-state index in [4.69, 9.17) is 9.90 Å². The Morgan fingerprint density at radius 2 is 0.974 bits per heavy atom. The molecular weight excluding hydrogens is 472 g/mol. The van der Waals surface area contributed by atoms with Gasteiger partial charge in [-0.25, -0.2) is 0 Å². The van der Waals surface area contributed by atoms with Crippen molar-refractivity contribution in [3.8, 4) is 0 Å². The van der Waals surface area contributed by atoms with Crippen LogP contribution in [-0.4, -0.2) is 0 Å². The van der Waals surface area contributed by atoms with Gasteiger partial charge in [0, 0.05) is 10.8 Å². The smallest absolute Gasteiger partial charge is 0.135 e. The Bertz CT molecular complexity index is 2540. The summed E-state index contributed by atoms with van der Waals surface area (Å²) in [6.45, 7) is 0. The molecule has 0 radical (unpaired) electrons.